The Kier molecular flexibility index (Phi) is 8.66. The van der Waals surface area contributed by atoms with Gasteiger partial charge in [0.05, 0.1) is 30.5 Å². The molecule has 2 aliphatic rings. The molecule has 4 rings (SSSR count). The molecule has 0 spiro atoms. The molecule has 1 fully saturated rings. The Balaban J connectivity index is 1.64. The minimum Gasteiger partial charge on any atom is -0.488 e. The Labute approximate surface area is 228 Å². The first-order chi connectivity index (χ1) is 18.0. The van der Waals surface area contributed by atoms with Gasteiger partial charge in [-0.2, -0.15) is 4.31 Å². The van der Waals surface area contributed by atoms with Crippen molar-refractivity contribution < 1.29 is 27.9 Å². The van der Waals surface area contributed by atoms with Gasteiger partial charge in [-0.1, -0.05) is 18.5 Å². The van der Waals surface area contributed by atoms with Crippen LogP contribution in [0.3, 0.4) is 0 Å². The summed E-state index contributed by atoms with van der Waals surface area (Å²) in [5.74, 6) is -0.0122. The summed E-state index contributed by atoms with van der Waals surface area (Å²) in [4.78, 5) is 27.4. The topological polar surface area (TPSA) is 116 Å². The molecule has 3 atom stereocenters. The van der Waals surface area contributed by atoms with Crippen molar-refractivity contribution in [3.8, 4) is 5.75 Å². The summed E-state index contributed by atoms with van der Waals surface area (Å²) in [5, 5.41) is 13.2. The molecule has 0 radical (unpaired) electrons. The van der Waals surface area contributed by atoms with Crippen molar-refractivity contribution in [3.05, 3.63) is 53.1 Å². The van der Waals surface area contributed by atoms with Crippen molar-refractivity contribution in [2.24, 2.45) is 11.8 Å². The highest BCUT2D eigenvalue weighted by molar-refractivity contribution is 7.89. The van der Waals surface area contributed by atoms with Crippen LogP contribution in [-0.4, -0.2) is 73.4 Å². The van der Waals surface area contributed by atoms with E-state index in [1.165, 1.54) is 35.6 Å². The molecule has 9 nitrogen and oxygen atoms in total. The van der Waals surface area contributed by atoms with E-state index >= 15 is 0 Å². The normalized spacial score (nSPS) is 21.1. The minimum absolute atomic E-state index is 0.0190. The van der Waals surface area contributed by atoms with Crippen LogP contribution in [-0.2, 0) is 26.0 Å². The van der Waals surface area contributed by atoms with Crippen molar-refractivity contribution in [1.29, 1.82) is 0 Å². The Bertz CT molecular complexity index is 1280. The van der Waals surface area contributed by atoms with Crippen LogP contribution >= 0.6 is 11.6 Å². The summed E-state index contributed by atoms with van der Waals surface area (Å²) in [5.41, 5.74) is 1.16. The molecule has 206 valence electrons. The summed E-state index contributed by atoms with van der Waals surface area (Å²) < 4.78 is 34.2. The zero-order chi connectivity index (χ0) is 27.6. The lowest BCUT2D eigenvalue weighted by atomic mass is 10.0. The maximum atomic E-state index is 13.3. The lowest BCUT2D eigenvalue weighted by Crippen LogP contribution is -2.48. The third-order valence-electron chi connectivity index (χ3n) is 7.09. The van der Waals surface area contributed by atoms with Crippen LogP contribution in [0.2, 0.25) is 5.02 Å². The maximum Gasteiger partial charge on any atom is 0.242 e. The van der Waals surface area contributed by atoms with Crippen LogP contribution in [0.1, 0.15) is 32.3 Å². The number of hydrogen-bond donors (Lipinski definition) is 2. The average Bonchev–Trinajstić information content (AvgIpc) is 3.72. The van der Waals surface area contributed by atoms with E-state index in [4.69, 9.17) is 16.3 Å². The summed E-state index contributed by atoms with van der Waals surface area (Å²) >= 11 is 5.93. The van der Waals surface area contributed by atoms with E-state index in [0.717, 1.165) is 12.8 Å². The number of aliphatic hydroxyl groups excluding tert-OH is 1. The molecule has 2 N–H and O–H groups in total. The van der Waals surface area contributed by atoms with Crippen molar-refractivity contribution >= 4 is 39.1 Å². The fourth-order valence-corrected chi connectivity index (χ4v) is 5.76. The molecule has 1 aliphatic carbocycles. The molecule has 0 saturated heterocycles. The Morgan fingerprint density at radius 1 is 1.24 bits per heavy atom. The van der Waals surface area contributed by atoms with E-state index < -0.39 is 22.2 Å². The second-order valence-corrected chi connectivity index (χ2v) is 12.7. The van der Waals surface area contributed by atoms with Gasteiger partial charge in [0.25, 0.3) is 0 Å². The summed E-state index contributed by atoms with van der Waals surface area (Å²) in [7, 11) is -2.34. The standard InChI is InChI=1S/C27H34ClN3O6S/c1-17-14-31(18(2)16-32)26(33)13-20-12-22(29-27(34)19-4-5-19)8-11-24(20)37-25(17)15-30(3)38(35,36)23-9-6-21(28)7-10-23/h6-12,17-19,25,32H,4-5,13-16H2,1-3H3,(H,29,34)/t17-,18-,25+/m0/s1. The molecular weight excluding hydrogens is 530 g/mol. The fourth-order valence-electron chi connectivity index (χ4n) is 4.45. The molecule has 2 aromatic rings. The van der Waals surface area contributed by atoms with Gasteiger partial charge < -0.3 is 20.1 Å². The molecule has 2 amide bonds. The van der Waals surface area contributed by atoms with Gasteiger partial charge in [0.15, 0.2) is 0 Å². The molecule has 1 saturated carbocycles. The number of sulfonamides is 1. The van der Waals surface area contributed by atoms with Crippen LogP contribution < -0.4 is 10.1 Å². The number of aliphatic hydroxyl groups is 1. The molecule has 1 heterocycles. The number of likely N-dealkylation sites (N-methyl/N-ethyl adjacent to an activating group) is 1. The number of rotatable bonds is 8. The number of amides is 2. The van der Waals surface area contributed by atoms with Gasteiger partial charge in [0.1, 0.15) is 11.9 Å². The second-order valence-electron chi connectivity index (χ2n) is 10.2. The van der Waals surface area contributed by atoms with Gasteiger partial charge in [-0.25, -0.2) is 8.42 Å². The fraction of sp³-hybridized carbons (Fsp3) is 0.481. The number of carbonyl (C=O) groups excluding carboxylic acids is 2. The minimum atomic E-state index is -3.83. The first-order valence-corrected chi connectivity index (χ1v) is 14.5. The lowest BCUT2D eigenvalue weighted by molar-refractivity contribution is -0.134. The van der Waals surface area contributed by atoms with Crippen LogP contribution in [0.25, 0.3) is 0 Å². The van der Waals surface area contributed by atoms with Gasteiger partial charge in [-0.15, -0.1) is 0 Å². The Hall–Kier alpha value is -2.66. The number of fused-ring (bicyclic) bond motifs is 1. The zero-order valence-corrected chi connectivity index (χ0v) is 23.3. The second kappa shape index (κ2) is 11.6. The smallest absolute Gasteiger partial charge is 0.242 e. The highest BCUT2D eigenvalue weighted by Gasteiger charge is 2.34. The van der Waals surface area contributed by atoms with Crippen molar-refractivity contribution in [1.82, 2.24) is 9.21 Å². The molecular formula is C27H34ClN3O6S. The van der Waals surface area contributed by atoms with Gasteiger partial charge in [-0.3, -0.25) is 9.59 Å². The first-order valence-electron chi connectivity index (χ1n) is 12.7. The van der Waals surface area contributed by atoms with E-state index in [9.17, 15) is 23.1 Å². The van der Waals surface area contributed by atoms with Gasteiger partial charge in [0, 0.05) is 41.7 Å². The number of anilines is 1. The highest BCUT2D eigenvalue weighted by atomic mass is 35.5. The van der Waals surface area contributed by atoms with Crippen molar-refractivity contribution in [2.45, 2.75) is 50.2 Å². The van der Waals surface area contributed by atoms with Crippen molar-refractivity contribution in [2.75, 3.05) is 32.1 Å². The average molecular weight is 564 g/mol. The largest absolute Gasteiger partial charge is 0.488 e. The molecule has 2 aromatic carbocycles. The number of ether oxygens (including phenoxy) is 1. The van der Waals surface area contributed by atoms with E-state index in [2.05, 4.69) is 5.32 Å². The van der Waals surface area contributed by atoms with Crippen molar-refractivity contribution in [3.63, 3.8) is 0 Å². The predicted molar refractivity (Wildman–Crippen MR) is 145 cm³/mol. The SMILES string of the molecule is C[C@H]1CN([C@@H](C)CO)C(=O)Cc2cc(NC(=O)C3CC3)ccc2O[C@@H]1CN(C)S(=O)(=O)c1ccc(Cl)cc1. The predicted octanol–water partition coefficient (Wildman–Crippen LogP) is 3.16. The third kappa shape index (κ3) is 6.48. The quantitative estimate of drug-likeness (QED) is 0.510. The van der Waals surface area contributed by atoms with Gasteiger partial charge >= 0.3 is 0 Å². The van der Waals surface area contributed by atoms with E-state index in [0.29, 0.717) is 22.0 Å². The van der Waals surface area contributed by atoms with Gasteiger partial charge in [-0.05, 0) is 62.2 Å². The Morgan fingerprint density at radius 2 is 1.92 bits per heavy atom. The van der Waals surface area contributed by atoms with Crippen LogP contribution in [0, 0.1) is 11.8 Å². The lowest BCUT2D eigenvalue weighted by Gasteiger charge is -2.33. The number of benzene rings is 2. The molecule has 38 heavy (non-hydrogen) atoms. The molecule has 0 unspecified atom stereocenters. The van der Waals surface area contributed by atoms with Crippen LogP contribution in [0.5, 0.6) is 5.75 Å². The van der Waals surface area contributed by atoms with Gasteiger partial charge in [0.2, 0.25) is 21.8 Å². The van der Waals surface area contributed by atoms with Crippen LogP contribution in [0.4, 0.5) is 5.69 Å². The first kappa shape index (κ1) is 28.4. The maximum absolute atomic E-state index is 13.3. The number of halogens is 1. The number of nitrogens with zero attached hydrogens (tertiary/aromatic N) is 2. The highest BCUT2D eigenvalue weighted by Crippen LogP contribution is 2.33. The molecule has 0 bridgehead atoms. The van der Waals surface area contributed by atoms with E-state index in [1.54, 1.807) is 30.0 Å². The Morgan fingerprint density at radius 3 is 2.55 bits per heavy atom. The summed E-state index contributed by atoms with van der Waals surface area (Å²) in [6.07, 6.45) is 1.16. The number of carbonyl (C=O) groups is 2. The molecule has 1 aliphatic heterocycles. The van der Waals surface area contributed by atoms with E-state index in [1.807, 2.05) is 6.92 Å². The monoisotopic (exact) mass is 563 g/mol. The summed E-state index contributed by atoms with van der Waals surface area (Å²) in [6, 6.07) is 10.7. The number of hydrogen-bond acceptors (Lipinski definition) is 6. The molecule has 0 aromatic heterocycles. The zero-order valence-electron chi connectivity index (χ0n) is 21.8. The number of nitrogens with one attached hydrogen (secondary N) is 1. The van der Waals surface area contributed by atoms with E-state index in [-0.39, 0.29) is 54.7 Å². The summed E-state index contributed by atoms with van der Waals surface area (Å²) in [6.45, 7) is 3.76. The molecule has 11 heteroatoms. The third-order valence-corrected chi connectivity index (χ3v) is 9.18. The van der Waals surface area contributed by atoms with Crippen LogP contribution in [0.15, 0.2) is 47.4 Å².